The van der Waals surface area contributed by atoms with Gasteiger partial charge in [0.25, 0.3) is 10.0 Å². The molecular formula is C20H21N3O4S. The third-order valence-corrected chi connectivity index (χ3v) is 6.46. The third kappa shape index (κ3) is 3.24. The quantitative estimate of drug-likeness (QED) is 0.837. The maximum absolute atomic E-state index is 13.0. The van der Waals surface area contributed by atoms with Crippen LogP contribution >= 0.6 is 0 Å². The van der Waals surface area contributed by atoms with Crippen molar-refractivity contribution in [3.63, 3.8) is 0 Å². The zero-order chi connectivity index (χ0) is 20.1. The molecule has 8 heteroatoms. The van der Waals surface area contributed by atoms with Crippen molar-refractivity contribution in [1.82, 2.24) is 0 Å². The number of anilines is 3. The summed E-state index contributed by atoms with van der Waals surface area (Å²) in [4.78, 5) is 27.2. The van der Waals surface area contributed by atoms with Crippen molar-refractivity contribution in [3.05, 3.63) is 48.0 Å². The van der Waals surface area contributed by atoms with E-state index in [1.165, 1.54) is 24.0 Å². The number of rotatable bonds is 5. The lowest BCUT2D eigenvalue weighted by molar-refractivity contribution is -0.117. The van der Waals surface area contributed by atoms with Crippen molar-refractivity contribution in [1.29, 1.82) is 0 Å². The standard InChI is InChI=1S/C20H21N3O4S/c1-13(24)23(15-7-8-15)19-6-4-3-5-17(19)21-28(26,27)16-9-10-18-14(11-16)12-20(25)22(18)2/h3-6,9-11,15,21H,7-8,12H2,1-2H3. The Labute approximate surface area is 164 Å². The molecule has 2 aromatic rings. The molecule has 2 aliphatic rings. The first kappa shape index (κ1) is 18.5. The Morgan fingerprint density at radius 3 is 2.57 bits per heavy atom. The summed E-state index contributed by atoms with van der Waals surface area (Å²) in [6.45, 7) is 1.48. The predicted octanol–water partition coefficient (Wildman–Crippen LogP) is 2.52. The molecule has 1 aliphatic heterocycles. The van der Waals surface area contributed by atoms with Crippen molar-refractivity contribution in [2.45, 2.75) is 37.1 Å². The van der Waals surface area contributed by atoms with Gasteiger partial charge in [0.1, 0.15) is 0 Å². The first-order chi connectivity index (χ1) is 13.3. The number of likely N-dealkylation sites (N-methyl/N-ethyl adjacent to an activating group) is 1. The Morgan fingerprint density at radius 1 is 1.18 bits per heavy atom. The Hall–Kier alpha value is -2.87. The number of carbonyl (C=O) groups excluding carboxylic acids is 2. The van der Waals surface area contributed by atoms with Gasteiger partial charge in [0.05, 0.1) is 22.7 Å². The molecule has 146 valence electrons. The fourth-order valence-electron chi connectivity index (χ4n) is 3.54. The van der Waals surface area contributed by atoms with Crippen molar-refractivity contribution in [3.8, 4) is 0 Å². The summed E-state index contributed by atoms with van der Waals surface area (Å²) < 4.78 is 28.6. The first-order valence-electron chi connectivity index (χ1n) is 9.09. The fraction of sp³-hybridized carbons (Fsp3) is 0.300. The second-order valence-corrected chi connectivity index (χ2v) is 8.85. The van der Waals surface area contributed by atoms with E-state index in [0.29, 0.717) is 16.9 Å². The number of fused-ring (bicyclic) bond motifs is 1. The Morgan fingerprint density at radius 2 is 1.89 bits per heavy atom. The monoisotopic (exact) mass is 399 g/mol. The molecule has 1 saturated carbocycles. The van der Waals surface area contributed by atoms with Gasteiger partial charge in [0.15, 0.2) is 0 Å². The minimum atomic E-state index is -3.87. The number of benzene rings is 2. The van der Waals surface area contributed by atoms with Crippen molar-refractivity contribution in [2.75, 3.05) is 21.6 Å². The maximum Gasteiger partial charge on any atom is 0.261 e. The largest absolute Gasteiger partial charge is 0.315 e. The van der Waals surface area contributed by atoms with Gasteiger partial charge in [-0.25, -0.2) is 8.42 Å². The summed E-state index contributed by atoms with van der Waals surface area (Å²) in [7, 11) is -2.20. The molecule has 0 aromatic heterocycles. The second kappa shape index (κ2) is 6.63. The van der Waals surface area contributed by atoms with Gasteiger partial charge in [-0.15, -0.1) is 0 Å². The van der Waals surface area contributed by atoms with Gasteiger partial charge in [-0.05, 0) is 48.7 Å². The molecule has 28 heavy (non-hydrogen) atoms. The van der Waals surface area contributed by atoms with E-state index in [2.05, 4.69) is 4.72 Å². The Kier molecular flexibility index (Phi) is 4.38. The SMILES string of the molecule is CC(=O)N(c1ccccc1NS(=O)(=O)c1ccc2c(c1)CC(=O)N2C)C1CC1. The van der Waals surface area contributed by atoms with Gasteiger partial charge in [0, 0.05) is 25.7 Å². The van der Waals surface area contributed by atoms with Gasteiger partial charge in [0.2, 0.25) is 11.8 Å². The Bertz CT molecular complexity index is 1080. The van der Waals surface area contributed by atoms with E-state index in [-0.39, 0.29) is 29.2 Å². The highest BCUT2D eigenvalue weighted by Gasteiger charge is 2.34. The van der Waals surface area contributed by atoms with E-state index in [1.807, 2.05) is 0 Å². The van der Waals surface area contributed by atoms with E-state index in [4.69, 9.17) is 0 Å². The van der Waals surface area contributed by atoms with Crippen LogP contribution < -0.4 is 14.5 Å². The third-order valence-electron chi connectivity index (χ3n) is 5.10. The van der Waals surface area contributed by atoms with Crippen LogP contribution in [0.2, 0.25) is 0 Å². The maximum atomic E-state index is 13.0. The number of hydrogen-bond donors (Lipinski definition) is 1. The molecule has 0 spiro atoms. The van der Waals surface area contributed by atoms with Crippen LogP contribution in [0, 0.1) is 0 Å². The van der Waals surface area contributed by atoms with Crippen LogP contribution in [-0.2, 0) is 26.0 Å². The van der Waals surface area contributed by atoms with E-state index in [1.54, 1.807) is 42.3 Å². The minimum absolute atomic E-state index is 0.0654. The van der Waals surface area contributed by atoms with Crippen LogP contribution in [0.5, 0.6) is 0 Å². The highest BCUT2D eigenvalue weighted by molar-refractivity contribution is 7.92. The fourth-order valence-corrected chi connectivity index (χ4v) is 4.67. The van der Waals surface area contributed by atoms with E-state index in [9.17, 15) is 18.0 Å². The molecular weight excluding hydrogens is 378 g/mol. The van der Waals surface area contributed by atoms with Crippen LogP contribution in [0.4, 0.5) is 17.1 Å². The summed E-state index contributed by atoms with van der Waals surface area (Å²) in [5.74, 6) is -0.183. The summed E-state index contributed by atoms with van der Waals surface area (Å²) in [6.07, 6.45) is 2.01. The zero-order valence-corrected chi connectivity index (χ0v) is 16.5. The van der Waals surface area contributed by atoms with Crippen molar-refractivity contribution in [2.24, 2.45) is 0 Å². The topological polar surface area (TPSA) is 86.8 Å². The summed E-state index contributed by atoms with van der Waals surface area (Å²) >= 11 is 0. The Balaban J connectivity index is 1.67. The average molecular weight is 399 g/mol. The molecule has 0 bridgehead atoms. The smallest absolute Gasteiger partial charge is 0.261 e. The van der Waals surface area contributed by atoms with Crippen molar-refractivity contribution < 1.29 is 18.0 Å². The molecule has 2 aromatic carbocycles. The van der Waals surface area contributed by atoms with Crippen LogP contribution in [0.15, 0.2) is 47.4 Å². The summed E-state index contributed by atoms with van der Waals surface area (Å²) in [5.41, 5.74) is 2.32. The van der Waals surface area contributed by atoms with Crippen LogP contribution in [0.1, 0.15) is 25.3 Å². The number of sulfonamides is 1. The van der Waals surface area contributed by atoms with Crippen LogP contribution in [0.3, 0.4) is 0 Å². The minimum Gasteiger partial charge on any atom is -0.315 e. The van der Waals surface area contributed by atoms with Gasteiger partial charge in [-0.1, -0.05) is 12.1 Å². The van der Waals surface area contributed by atoms with Gasteiger partial charge in [-0.2, -0.15) is 0 Å². The van der Waals surface area contributed by atoms with Gasteiger partial charge >= 0.3 is 0 Å². The lowest BCUT2D eigenvalue weighted by Gasteiger charge is -2.24. The molecule has 0 atom stereocenters. The number of para-hydroxylation sites is 2. The lowest BCUT2D eigenvalue weighted by atomic mass is 10.2. The molecule has 0 unspecified atom stereocenters. The number of carbonyl (C=O) groups is 2. The molecule has 1 N–H and O–H groups in total. The number of hydrogen-bond acceptors (Lipinski definition) is 4. The number of nitrogens with zero attached hydrogens (tertiary/aromatic N) is 2. The molecule has 7 nitrogen and oxygen atoms in total. The first-order valence-corrected chi connectivity index (χ1v) is 10.6. The zero-order valence-electron chi connectivity index (χ0n) is 15.7. The van der Waals surface area contributed by atoms with E-state index < -0.39 is 10.0 Å². The normalized spacial score (nSPS) is 16.1. The molecule has 1 heterocycles. The van der Waals surface area contributed by atoms with Gasteiger partial charge in [-0.3, -0.25) is 14.3 Å². The van der Waals surface area contributed by atoms with Crippen LogP contribution in [-0.4, -0.2) is 33.3 Å². The molecule has 0 radical (unpaired) electrons. The van der Waals surface area contributed by atoms with E-state index >= 15 is 0 Å². The van der Waals surface area contributed by atoms with E-state index in [0.717, 1.165) is 18.5 Å². The molecule has 2 amide bonds. The number of nitrogens with one attached hydrogen (secondary N) is 1. The number of amides is 2. The molecule has 1 fully saturated rings. The second-order valence-electron chi connectivity index (χ2n) is 7.16. The van der Waals surface area contributed by atoms with Crippen LogP contribution in [0.25, 0.3) is 0 Å². The summed E-state index contributed by atoms with van der Waals surface area (Å²) in [5, 5.41) is 0. The predicted molar refractivity (Wildman–Crippen MR) is 107 cm³/mol. The molecule has 0 saturated heterocycles. The summed E-state index contributed by atoms with van der Waals surface area (Å²) in [6, 6.07) is 11.7. The lowest BCUT2D eigenvalue weighted by Crippen LogP contribution is -2.31. The highest BCUT2D eigenvalue weighted by Crippen LogP contribution is 2.37. The highest BCUT2D eigenvalue weighted by atomic mass is 32.2. The molecule has 4 rings (SSSR count). The van der Waals surface area contributed by atoms with Crippen molar-refractivity contribution >= 4 is 38.9 Å². The van der Waals surface area contributed by atoms with Gasteiger partial charge < -0.3 is 9.80 Å². The average Bonchev–Trinajstić information content (AvgIpc) is 3.42. The molecule has 1 aliphatic carbocycles.